The molecule has 10 nitrogen and oxygen atoms in total. The Labute approximate surface area is 249 Å². The van der Waals surface area contributed by atoms with E-state index in [1.807, 2.05) is 30.5 Å². The number of rotatable bonds is 14. The Morgan fingerprint density at radius 2 is 1.63 bits per heavy atom. The number of aromatic amines is 1. The van der Waals surface area contributed by atoms with E-state index >= 15 is 0 Å². The molecule has 0 fully saturated rings. The van der Waals surface area contributed by atoms with Crippen molar-refractivity contribution >= 4 is 34.6 Å². The standard InChI is InChI=1S/C33H34N2O8/c1-5-42-33(38)32(31(37)22-9-14-28(40-3)29(18-22)41-4)43-25-12-13-27-26(19-25)23(20-35-27)16-17-34-30(36)15-8-21-6-10-24(39-2)11-7-21/h6-15,18-20,32,35H,5,16-17H2,1-4H3,(H,34,36)/b15-8+. The Bertz CT molecular complexity index is 1610. The Morgan fingerprint density at radius 3 is 2.33 bits per heavy atom. The van der Waals surface area contributed by atoms with E-state index in [1.165, 1.54) is 32.4 Å². The third kappa shape index (κ3) is 7.73. The van der Waals surface area contributed by atoms with Gasteiger partial charge >= 0.3 is 5.97 Å². The molecule has 0 saturated carbocycles. The first-order valence-corrected chi connectivity index (χ1v) is 13.7. The highest BCUT2D eigenvalue weighted by atomic mass is 16.6. The lowest BCUT2D eigenvalue weighted by atomic mass is 10.0. The second kappa shape index (κ2) is 14.6. The van der Waals surface area contributed by atoms with Gasteiger partial charge in [0, 0.05) is 35.3 Å². The van der Waals surface area contributed by atoms with Gasteiger partial charge in [-0.1, -0.05) is 12.1 Å². The second-order valence-corrected chi connectivity index (χ2v) is 9.35. The lowest BCUT2D eigenvalue weighted by Gasteiger charge is -2.18. The van der Waals surface area contributed by atoms with Crippen LogP contribution in [0.5, 0.6) is 23.0 Å². The maximum Gasteiger partial charge on any atom is 0.355 e. The average molecular weight is 587 g/mol. The van der Waals surface area contributed by atoms with Crippen LogP contribution >= 0.6 is 0 Å². The van der Waals surface area contributed by atoms with E-state index in [4.69, 9.17) is 23.7 Å². The van der Waals surface area contributed by atoms with Crippen molar-refractivity contribution in [2.24, 2.45) is 0 Å². The van der Waals surface area contributed by atoms with Gasteiger partial charge < -0.3 is 34.0 Å². The minimum atomic E-state index is -1.53. The van der Waals surface area contributed by atoms with Crippen LogP contribution in [0.4, 0.5) is 0 Å². The highest BCUT2D eigenvalue weighted by Gasteiger charge is 2.32. The summed E-state index contributed by atoms with van der Waals surface area (Å²) in [5.74, 6) is 0.244. The number of fused-ring (bicyclic) bond motifs is 1. The number of H-pyrrole nitrogens is 1. The van der Waals surface area contributed by atoms with E-state index in [9.17, 15) is 14.4 Å². The molecule has 224 valence electrons. The first-order chi connectivity index (χ1) is 20.9. The van der Waals surface area contributed by atoms with Crippen LogP contribution in [0.15, 0.2) is 72.9 Å². The number of esters is 1. The molecule has 1 amide bonds. The third-order valence-electron chi connectivity index (χ3n) is 6.64. The van der Waals surface area contributed by atoms with Crippen LogP contribution in [-0.2, 0) is 20.7 Å². The number of carbonyl (C=O) groups excluding carboxylic acids is 3. The van der Waals surface area contributed by atoms with Crippen LogP contribution in [-0.4, -0.2) is 63.2 Å². The summed E-state index contributed by atoms with van der Waals surface area (Å²) in [6.45, 7) is 2.13. The first-order valence-electron chi connectivity index (χ1n) is 13.7. The van der Waals surface area contributed by atoms with Gasteiger partial charge in [0.1, 0.15) is 11.5 Å². The fourth-order valence-electron chi connectivity index (χ4n) is 4.41. The van der Waals surface area contributed by atoms with Crippen molar-refractivity contribution in [2.45, 2.75) is 19.4 Å². The molecule has 43 heavy (non-hydrogen) atoms. The molecule has 0 radical (unpaired) electrons. The zero-order chi connectivity index (χ0) is 30.8. The number of benzene rings is 3. The van der Waals surface area contributed by atoms with Crippen molar-refractivity contribution in [1.82, 2.24) is 10.3 Å². The van der Waals surface area contributed by atoms with Crippen molar-refractivity contribution in [3.05, 3.63) is 89.6 Å². The normalized spacial score (nSPS) is 11.6. The third-order valence-corrected chi connectivity index (χ3v) is 6.64. The van der Waals surface area contributed by atoms with Gasteiger partial charge in [-0.05, 0) is 79.1 Å². The summed E-state index contributed by atoms with van der Waals surface area (Å²) in [5.41, 5.74) is 2.85. The summed E-state index contributed by atoms with van der Waals surface area (Å²) in [6, 6.07) is 17.2. The second-order valence-electron chi connectivity index (χ2n) is 9.35. The molecule has 0 saturated heterocycles. The summed E-state index contributed by atoms with van der Waals surface area (Å²) in [5, 5.41) is 3.72. The summed E-state index contributed by atoms with van der Waals surface area (Å²) < 4.78 is 26.8. The molecule has 0 aliphatic carbocycles. The van der Waals surface area contributed by atoms with E-state index in [0.717, 1.165) is 27.8 Å². The van der Waals surface area contributed by atoms with Gasteiger partial charge in [-0.2, -0.15) is 0 Å². The molecule has 4 aromatic rings. The van der Waals surface area contributed by atoms with E-state index in [-0.39, 0.29) is 18.1 Å². The number of methoxy groups -OCH3 is 3. The van der Waals surface area contributed by atoms with E-state index < -0.39 is 17.9 Å². The SMILES string of the molecule is CCOC(=O)C(Oc1ccc2[nH]cc(CCNC(=O)/C=C/c3ccc(OC)cc3)c2c1)C(=O)c1ccc(OC)c(OC)c1. The molecule has 0 aliphatic heterocycles. The van der Waals surface area contributed by atoms with Gasteiger partial charge in [0.25, 0.3) is 6.10 Å². The number of nitrogens with one attached hydrogen (secondary N) is 2. The summed E-state index contributed by atoms with van der Waals surface area (Å²) in [7, 11) is 4.55. The Kier molecular flexibility index (Phi) is 10.4. The number of amides is 1. The molecule has 1 heterocycles. The molecule has 0 spiro atoms. The van der Waals surface area contributed by atoms with Crippen LogP contribution in [0.2, 0.25) is 0 Å². The molecule has 0 aliphatic rings. The van der Waals surface area contributed by atoms with Crippen LogP contribution in [0.1, 0.15) is 28.4 Å². The summed E-state index contributed by atoms with van der Waals surface area (Å²) in [4.78, 5) is 41.8. The van der Waals surface area contributed by atoms with Crippen molar-refractivity contribution in [2.75, 3.05) is 34.5 Å². The van der Waals surface area contributed by atoms with Gasteiger partial charge in [-0.3, -0.25) is 9.59 Å². The molecule has 1 aromatic heterocycles. The maximum atomic E-state index is 13.4. The number of ketones is 1. The topological polar surface area (TPSA) is 125 Å². The zero-order valence-electron chi connectivity index (χ0n) is 24.5. The maximum absolute atomic E-state index is 13.4. The molecule has 10 heteroatoms. The highest BCUT2D eigenvalue weighted by Crippen LogP contribution is 2.29. The van der Waals surface area contributed by atoms with Crippen LogP contribution in [0, 0.1) is 0 Å². The fraction of sp³-hybridized carbons (Fsp3) is 0.242. The molecule has 2 N–H and O–H groups in total. The quantitative estimate of drug-likeness (QED) is 0.0938. The number of aromatic nitrogens is 1. The number of carbonyl (C=O) groups is 3. The molecule has 1 unspecified atom stereocenters. The number of hydrogen-bond donors (Lipinski definition) is 2. The van der Waals surface area contributed by atoms with Gasteiger partial charge in [0.2, 0.25) is 11.7 Å². The lowest BCUT2D eigenvalue weighted by molar-refractivity contribution is -0.149. The molecule has 4 rings (SSSR count). The van der Waals surface area contributed by atoms with Gasteiger partial charge in [-0.25, -0.2) is 4.79 Å². The predicted molar refractivity (Wildman–Crippen MR) is 162 cm³/mol. The molecule has 0 bridgehead atoms. The molecule has 3 aromatic carbocycles. The highest BCUT2D eigenvalue weighted by molar-refractivity contribution is 6.11. The van der Waals surface area contributed by atoms with Gasteiger partial charge in [-0.15, -0.1) is 0 Å². The van der Waals surface area contributed by atoms with Gasteiger partial charge in [0.05, 0.1) is 27.9 Å². The van der Waals surface area contributed by atoms with Crippen LogP contribution in [0.25, 0.3) is 17.0 Å². The van der Waals surface area contributed by atoms with Crippen molar-refractivity contribution in [3.63, 3.8) is 0 Å². The summed E-state index contributed by atoms with van der Waals surface area (Å²) >= 11 is 0. The first kappa shape index (κ1) is 30.7. The lowest BCUT2D eigenvalue weighted by Crippen LogP contribution is -2.37. The Balaban J connectivity index is 1.45. The summed E-state index contributed by atoms with van der Waals surface area (Å²) in [6.07, 6.45) is 4.07. The van der Waals surface area contributed by atoms with Crippen LogP contribution < -0.4 is 24.3 Å². The molecular formula is C33H34N2O8. The van der Waals surface area contributed by atoms with Crippen molar-refractivity contribution in [1.29, 1.82) is 0 Å². The van der Waals surface area contributed by atoms with E-state index in [2.05, 4.69) is 10.3 Å². The monoisotopic (exact) mass is 586 g/mol. The van der Waals surface area contributed by atoms with E-state index in [1.54, 1.807) is 44.4 Å². The predicted octanol–water partition coefficient (Wildman–Crippen LogP) is 4.76. The van der Waals surface area contributed by atoms with Crippen LogP contribution in [0.3, 0.4) is 0 Å². The fourth-order valence-corrected chi connectivity index (χ4v) is 4.41. The Hall–Kier alpha value is -5.25. The largest absolute Gasteiger partial charge is 0.497 e. The average Bonchev–Trinajstić information content (AvgIpc) is 3.44. The molecule has 1 atom stereocenters. The zero-order valence-corrected chi connectivity index (χ0v) is 24.5. The number of ether oxygens (including phenoxy) is 5. The van der Waals surface area contributed by atoms with Crippen molar-refractivity contribution < 1.29 is 38.1 Å². The number of hydrogen-bond acceptors (Lipinski definition) is 8. The minimum Gasteiger partial charge on any atom is -0.497 e. The van der Waals surface area contributed by atoms with Crippen molar-refractivity contribution in [3.8, 4) is 23.0 Å². The number of Topliss-reactive ketones (excluding diaryl/α,β-unsaturated/α-hetero) is 1. The Morgan fingerprint density at radius 1 is 0.884 bits per heavy atom. The minimum absolute atomic E-state index is 0.0832. The van der Waals surface area contributed by atoms with E-state index in [0.29, 0.717) is 30.2 Å². The van der Waals surface area contributed by atoms with Gasteiger partial charge in [0.15, 0.2) is 11.5 Å². The smallest absolute Gasteiger partial charge is 0.355 e. The molecular weight excluding hydrogens is 552 g/mol.